The molecule has 0 spiro atoms. The lowest BCUT2D eigenvalue weighted by Gasteiger charge is -2.09. The van der Waals surface area contributed by atoms with Crippen molar-refractivity contribution in [1.29, 1.82) is 0 Å². The number of benzene rings is 3. The van der Waals surface area contributed by atoms with Crippen LogP contribution >= 0.6 is 0 Å². The number of aromatic nitrogens is 1. The third kappa shape index (κ3) is 3.79. The molecule has 0 saturated heterocycles. The Hall–Kier alpha value is -3.07. The molecule has 0 saturated carbocycles. The van der Waals surface area contributed by atoms with Crippen molar-refractivity contribution in [2.45, 2.75) is 26.2 Å². The summed E-state index contributed by atoms with van der Waals surface area (Å²) in [5.74, 6) is -0.435. The first kappa shape index (κ1) is 18.3. The third-order valence-corrected chi connectivity index (χ3v) is 5.16. The SMILES string of the molecule is CCc1ccc(-c2ccc3c(F)c(CCc4ccc(F)cc4)ccc3c2)nc1. The van der Waals surface area contributed by atoms with Crippen LogP contribution in [0.1, 0.15) is 23.6 Å². The quantitative estimate of drug-likeness (QED) is 0.388. The molecule has 0 atom stereocenters. The smallest absolute Gasteiger partial charge is 0.134 e. The first-order chi connectivity index (χ1) is 13.6. The Bertz CT molecular complexity index is 1100. The summed E-state index contributed by atoms with van der Waals surface area (Å²) in [4.78, 5) is 4.52. The summed E-state index contributed by atoms with van der Waals surface area (Å²) in [6.07, 6.45) is 4.10. The van der Waals surface area contributed by atoms with E-state index in [4.69, 9.17) is 0 Å². The minimum Gasteiger partial charge on any atom is -0.256 e. The van der Waals surface area contributed by atoms with E-state index in [9.17, 15) is 8.78 Å². The van der Waals surface area contributed by atoms with Crippen LogP contribution in [0.2, 0.25) is 0 Å². The van der Waals surface area contributed by atoms with Crippen LogP contribution in [0.5, 0.6) is 0 Å². The van der Waals surface area contributed by atoms with Gasteiger partial charge in [0, 0.05) is 17.1 Å². The molecule has 0 bridgehead atoms. The summed E-state index contributed by atoms with van der Waals surface area (Å²) in [5.41, 5.74) is 4.74. The summed E-state index contributed by atoms with van der Waals surface area (Å²) in [6.45, 7) is 2.10. The maximum absolute atomic E-state index is 15.0. The lowest BCUT2D eigenvalue weighted by atomic mass is 9.98. The second-order valence-electron chi connectivity index (χ2n) is 7.01. The van der Waals surface area contributed by atoms with Crippen LogP contribution in [0, 0.1) is 11.6 Å². The van der Waals surface area contributed by atoms with Crippen LogP contribution in [-0.2, 0) is 19.3 Å². The van der Waals surface area contributed by atoms with Crippen molar-refractivity contribution < 1.29 is 8.78 Å². The zero-order valence-electron chi connectivity index (χ0n) is 15.8. The summed E-state index contributed by atoms with van der Waals surface area (Å²) in [7, 11) is 0. The normalized spacial score (nSPS) is 11.1. The van der Waals surface area contributed by atoms with Crippen LogP contribution in [0.25, 0.3) is 22.0 Å². The van der Waals surface area contributed by atoms with Crippen molar-refractivity contribution in [3.63, 3.8) is 0 Å². The second kappa shape index (κ2) is 7.89. The van der Waals surface area contributed by atoms with Crippen molar-refractivity contribution in [2.24, 2.45) is 0 Å². The molecule has 3 heteroatoms. The Morgan fingerprint density at radius 3 is 2.29 bits per heavy atom. The van der Waals surface area contributed by atoms with Gasteiger partial charge >= 0.3 is 0 Å². The molecule has 0 aliphatic heterocycles. The molecule has 0 aliphatic rings. The molecule has 0 N–H and O–H groups in total. The fourth-order valence-corrected chi connectivity index (χ4v) is 3.42. The highest BCUT2D eigenvalue weighted by atomic mass is 19.1. The van der Waals surface area contributed by atoms with E-state index in [-0.39, 0.29) is 11.6 Å². The fourth-order valence-electron chi connectivity index (χ4n) is 3.42. The van der Waals surface area contributed by atoms with Gasteiger partial charge in [-0.2, -0.15) is 0 Å². The number of nitrogens with zero attached hydrogens (tertiary/aromatic N) is 1. The Labute approximate surface area is 163 Å². The van der Waals surface area contributed by atoms with Gasteiger partial charge < -0.3 is 0 Å². The van der Waals surface area contributed by atoms with Crippen LogP contribution in [0.3, 0.4) is 0 Å². The van der Waals surface area contributed by atoms with Gasteiger partial charge in [0.15, 0.2) is 0 Å². The molecule has 0 radical (unpaired) electrons. The van der Waals surface area contributed by atoms with Gasteiger partial charge in [-0.1, -0.05) is 49.4 Å². The van der Waals surface area contributed by atoms with Gasteiger partial charge in [0.1, 0.15) is 11.6 Å². The Morgan fingerprint density at radius 2 is 1.57 bits per heavy atom. The minimum atomic E-state index is -0.254. The first-order valence-corrected chi connectivity index (χ1v) is 9.55. The molecule has 1 nitrogen and oxygen atoms in total. The summed E-state index contributed by atoms with van der Waals surface area (Å²) >= 11 is 0. The molecular formula is C25H21F2N. The highest BCUT2D eigenvalue weighted by Gasteiger charge is 2.09. The summed E-state index contributed by atoms with van der Waals surface area (Å²) in [5, 5.41) is 1.48. The number of fused-ring (bicyclic) bond motifs is 1. The van der Waals surface area contributed by atoms with Gasteiger partial charge in [0.2, 0.25) is 0 Å². The average Bonchev–Trinajstić information content (AvgIpc) is 2.74. The van der Waals surface area contributed by atoms with E-state index in [0.29, 0.717) is 23.8 Å². The van der Waals surface area contributed by atoms with Gasteiger partial charge in [-0.25, -0.2) is 8.78 Å². The van der Waals surface area contributed by atoms with E-state index in [1.54, 1.807) is 12.1 Å². The highest BCUT2D eigenvalue weighted by Crippen LogP contribution is 2.27. The largest absolute Gasteiger partial charge is 0.256 e. The molecule has 28 heavy (non-hydrogen) atoms. The average molecular weight is 373 g/mol. The molecule has 140 valence electrons. The molecule has 0 amide bonds. The summed E-state index contributed by atoms with van der Waals surface area (Å²) in [6, 6.07) is 20.0. The number of hydrogen-bond acceptors (Lipinski definition) is 1. The molecule has 3 aromatic carbocycles. The lowest BCUT2D eigenvalue weighted by Crippen LogP contribution is -1.96. The number of aryl methyl sites for hydroxylation is 3. The maximum Gasteiger partial charge on any atom is 0.134 e. The maximum atomic E-state index is 15.0. The van der Waals surface area contributed by atoms with Crippen molar-refractivity contribution in [3.8, 4) is 11.3 Å². The molecule has 1 aromatic heterocycles. The van der Waals surface area contributed by atoms with E-state index in [1.165, 1.54) is 17.7 Å². The second-order valence-corrected chi connectivity index (χ2v) is 7.01. The van der Waals surface area contributed by atoms with E-state index in [2.05, 4.69) is 18.0 Å². The molecule has 0 fully saturated rings. The van der Waals surface area contributed by atoms with Crippen molar-refractivity contribution in [2.75, 3.05) is 0 Å². The Kier molecular flexibility index (Phi) is 5.16. The van der Waals surface area contributed by atoms with Gasteiger partial charge in [0.25, 0.3) is 0 Å². The van der Waals surface area contributed by atoms with Gasteiger partial charge in [0.05, 0.1) is 5.69 Å². The van der Waals surface area contributed by atoms with Crippen LogP contribution in [-0.4, -0.2) is 4.98 Å². The summed E-state index contributed by atoms with van der Waals surface area (Å²) < 4.78 is 28.0. The third-order valence-electron chi connectivity index (χ3n) is 5.16. The van der Waals surface area contributed by atoms with Crippen LogP contribution < -0.4 is 0 Å². The predicted molar refractivity (Wildman–Crippen MR) is 110 cm³/mol. The van der Waals surface area contributed by atoms with Gasteiger partial charge in [-0.05, 0) is 65.6 Å². The van der Waals surface area contributed by atoms with Crippen molar-refractivity contribution in [1.82, 2.24) is 4.98 Å². The van der Waals surface area contributed by atoms with Gasteiger partial charge in [-0.3, -0.25) is 4.98 Å². The number of pyridine rings is 1. The minimum absolute atomic E-state index is 0.180. The van der Waals surface area contributed by atoms with E-state index >= 15 is 0 Å². The number of halogens is 2. The fraction of sp³-hybridized carbons (Fsp3) is 0.160. The zero-order chi connectivity index (χ0) is 19.5. The van der Waals surface area contributed by atoms with Crippen molar-refractivity contribution >= 4 is 10.8 Å². The molecule has 0 unspecified atom stereocenters. The monoisotopic (exact) mass is 373 g/mol. The molecule has 0 aliphatic carbocycles. The van der Waals surface area contributed by atoms with Crippen LogP contribution in [0.4, 0.5) is 8.78 Å². The Morgan fingerprint density at radius 1 is 0.786 bits per heavy atom. The van der Waals surface area contributed by atoms with E-state index < -0.39 is 0 Å². The molecular weight excluding hydrogens is 352 g/mol. The first-order valence-electron chi connectivity index (χ1n) is 9.55. The number of hydrogen-bond donors (Lipinski definition) is 0. The number of rotatable bonds is 5. The lowest BCUT2D eigenvalue weighted by molar-refractivity contribution is 0.619. The topological polar surface area (TPSA) is 12.9 Å². The molecule has 1 heterocycles. The van der Waals surface area contributed by atoms with Crippen LogP contribution in [0.15, 0.2) is 72.9 Å². The molecule has 4 rings (SSSR count). The van der Waals surface area contributed by atoms with Crippen molar-refractivity contribution in [3.05, 3.63) is 101 Å². The standard InChI is InChI=1S/C25H21F2N/c1-2-17-6-14-24(28-16-17)21-10-13-23-20(15-21)9-8-19(25(23)27)7-3-18-4-11-22(26)12-5-18/h4-6,8-16H,2-3,7H2,1H3. The molecule has 4 aromatic rings. The van der Waals surface area contributed by atoms with Gasteiger partial charge in [-0.15, -0.1) is 0 Å². The van der Waals surface area contributed by atoms with E-state index in [1.807, 2.05) is 42.6 Å². The highest BCUT2D eigenvalue weighted by molar-refractivity contribution is 5.88. The van der Waals surface area contributed by atoms with E-state index in [0.717, 1.165) is 28.6 Å². The Balaban J connectivity index is 1.59. The predicted octanol–water partition coefficient (Wildman–Crippen LogP) is 6.53. The zero-order valence-corrected chi connectivity index (χ0v) is 15.8.